The van der Waals surface area contributed by atoms with Gasteiger partial charge >= 0.3 is 0 Å². The Bertz CT molecular complexity index is 701. The molecule has 0 aromatic carbocycles. The second-order valence-corrected chi connectivity index (χ2v) is 6.00. The lowest BCUT2D eigenvalue weighted by Gasteiger charge is -2.18. The number of alkyl halides is 1. The summed E-state index contributed by atoms with van der Waals surface area (Å²) in [5.41, 5.74) is 1.43. The Hall–Kier alpha value is -2.44. The third-order valence-electron chi connectivity index (χ3n) is 4.37. The van der Waals surface area contributed by atoms with Crippen LogP contribution in [0.25, 0.3) is 0 Å². The summed E-state index contributed by atoms with van der Waals surface area (Å²) in [6, 6.07) is 2.41. The molecule has 24 heavy (non-hydrogen) atoms. The minimum absolute atomic E-state index is 0.173. The van der Waals surface area contributed by atoms with E-state index in [1.165, 1.54) is 23.6 Å². The van der Waals surface area contributed by atoms with E-state index in [0.717, 1.165) is 18.5 Å². The van der Waals surface area contributed by atoms with Gasteiger partial charge in [-0.2, -0.15) is 10.2 Å². The van der Waals surface area contributed by atoms with Gasteiger partial charge in [0, 0.05) is 12.4 Å². The third-order valence-corrected chi connectivity index (χ3v) is 4.37. The van der Waals surface area contributed by atoms with E-state index in [1.54, 1.807) is 17.3 Å². The lowest BCUT2D eigenvalue weighted by molar-refractivity contribution is -0.114. The largest absolute Gasteiger partial charge is 0.300 e. The van der Waals surface area contributed by atoms with Crippen LogP contribution in [0.2, 0.25) is 0 Å². The van der Waals surface area contributed by atoms with Crippen LogP contribution in [0.4, 0.5) is 10.1 Å². The summed E-state index contributed by atoms with van der Waals surface area (Å²) in [7, 11) is 0. The Morgan fingerprint density at radius 3 is 2.96 bits per heavy atom. The van der Waals surface area contributed by atoms with E-state index in [-0.39, 0.29) is 12.5 Å². The average molecular weight is 331 g/mol. The number of aromatic nitrogens is 4. The number of rotatable bonds is 7. The second-order valence-electron chi connectivity index (χ2n) is 6.00. The molecule has 1 aliphatic rings. The van der Waals surface area contributed by atoms with Gasteiger partial charge in [-0.05, 0) is 25.0 Å². The molecule has 0 radical (unpaired) electrons. The quantitative estimate of drug-likeness (QED) is 0.733. The van der Waals surface area contributed by atoms with Crippen molar-refractivity contribution in [1.82, 2.24) is 19.6 Å². The SMILES string of the molecule is C=CC(=O)N(Cc1ccn(C2CCCC2)n1)c1cnn(CCF)c1. The molecule has 7 heteroatoms. The van der Waals surface area contributed by atoms with Crippen LogP contribution >= 0.6 is 0 Å². The van der Waals surface area contributed by atoms with Crippen molar-refractivity contribution >= 4 is 11.6 Å². The number of carbonyl (C=O) groups is 1. The van der Waals surface area contributed by atoms with Gasteiger partial charge in [0.2, 0.25) is 0 Å². The topological polar surface area (TPSA) is 56.0 Å². The summed E-state index contributed by atoms with van der Waals surface area (Å²) in [4.78, 5) is 13.8. The smallest absolute Gasteiger partial charge is 0.250 e. The lowest BCUT2D eigenvalue weighted by Crippen LogP contribution is -2.28. The van der Waals surface area contributed by atoms with Crippen molar-refractivity contribution in [2.24, 2.45) is 0 Å². The van der Waals surface area contributed by atoms with Crippen molar-refractivity contribution in [2.75, 3.05) is 11.6 Å². The molecular formula is C17H22FN5O. The standard InChI is InChI=1S/C17H22FN5O/c1-2-17(24)22(16-11-19-21(13-16)10-8-18)12-14-7-9-23(20-14)15-5-3-4-6-15/h2,7,9,11,13,15H,1,3-6,8,10,12H2. The summed E-state index contributed by atoms with van der Waals surface area (Å²) in [6.45, 7) is 3.57. The Balaban J connectivity index is 1.76. The molecule has 1 saturated carbocycles. The van der Waals surface area contributed by atoms with Crippen LogP contribution in [-0.4, -0.2) is 32.1 Å². The van der Waals surface area contributed by atoms with Gasteiger partial charge in [0.05, 0.1) is 36.7 Å². The Labute approximate surface area is 140 Å². The molecule has 2 heterocycles. The first-order valence-corrected chi connectivity index (χ1v) is 8.27. The highest BCUT2D eigenvalue weighted by molar-refractivity contribution is 6.00. The van der Waals surface area contributed by atoms with Gasteiger partial charge in [-0.25, -0.2) is 4.39 Å². The Kier molecular flexibility index (Phi) is 5.08. The van der Waals surface area contributed by atoms with Crippen LogP contribution in [0, 0.1) is 0 Å². The van der Waals surface area contributed by atoms with E-state index >= 15 is 0 Å². The van der Waals surface area contributed by atoms with E-state index in [1.807, 2.05) is 16.9 Å². The molecule has 0 bridgehead atoms. The molecular weight excluding hydrogens is 309 g/mol. The van der Waals surface area contributed by atoms with E-state index in [9.17, 15) is 9.18 Å². The predicted molar refractivity (Wildman–Crippen MR) is 89.3 cm³/mol. The molecule has 0 spiro atoms. The van der Waals surface area contributed by atoms with Crippen molar-refractivity contribution in [1.29, 1.82) is 0 Å². The number of hydrogen-bond acceptors (Lipinski definition) is 3. The maximum atomic E-state index is 12.4. The summed E-state index contributed by atoms with van der Waals surface area (Å²) in [6.07, 6.45) is 11.3. The van der Waals surface area contributed by atoms with Gasteiger partial charge in [0.15, 0.2) is 0 Å². The summed E-state index contributed by atoms with van der Waals surface area (Å²) in [5, 5.41) is 8.69. The summed E-state index contributed by atoms with van der Waals surface area (Å²) < 4.78 is 15.9. The average Bonchev–Trinajstić information content (AvgIpc) is 3.32. The van der Waals surface area contributed by atoms with Gasteiger partial charge in [-0.1, -0.05) is 19.4 Å². The first-order valence-electron chi connectivity index (χ1n) is 8.27. The van der Waals surface area contributed by atoms with E-state index in [4.69, 9.17) is 0 Å². The van der Waals surface area contributed by atoms with Crippen LogP contribution in [0.3, 0.4) is 0 Å². The first kappa shape index (κ1) is 16.4. The maximum absolute atomic E-state index is 12.4. The minimum atomic E-state index is -0.498. The molecule has 2 aromatic heterocycles. The monoisotopic (exact) mass is 331 g/mol. The predicted octanol–water partition coefficient (Wildman–Crippen LogP) is 2.88. The molecule has 6 nitrogen and oxygen atoms in total. The number of amides is 1. The highest BCUT2D eigenvalue weighted by Crippen LogP contribution is 2.29. The van der Waals surface area contributed by atoms with Crippen LogP contribution in [0.15, 0.2) is 37.3 Å². The van der Waals surface area contributed by atoms with Crippen LogP contribution in [-0.2, 0) is 17.9 Å². The van der Waals surface area contributed by atoms with Crippen LogP contribution in [0.5, 0.6) is 0 Å². The van der Waals surface area contributed by atoms with Crippen molar-refractivity contribution in [3.8, 4) is 0 Å². The third kappa shape index (κ3) is 3.55. The van der Waals surface area contributed by atoms with Crippen molar-refractivity contribution in [3.63, 3.8) is 0 Å². The minimum Gasteiger partial charge on any atom is -0.300 e. The molecule has 1 fully saturated rings. The number of halogens is 1. The van der Waals surface area contributed by atoms with Gasteiger partial charge in [0.25, 0.3) is 5.91 Å². The summed E-state index contributed by atoms with van der Waals surface area (Å²) in [5.74, 6) is -0.231. The first-order chi connectivity index (χ1) is 11.7. The molecule has 1 aliphatic carbocycles. The molecule has 0 N–H and O–H groups in total. The molecule has 3 rings (SSSR count). The van der Waals surface area contributed by atoms with Gasteiger partial charge < -0.3 is 0 Å². The van der Waals surface area contributed by atoms with Crippen molar-refractivity contribution in [3.05, 3.63) is 43.0 Å². The van der Waals surface area contributed by atoms with Crippen LogP contribution in [0.1, 0.15) is 37.4 Å². The fourth-order valence-corrected chi connectivity index (χ4v) is 3.10. The van der Waals surface area contributed by atoms with E-state index < -0.39 is 6.67 Å². The lowest BCUT2D eigenvalue weighted by atomic mass is 10.3. The Morgan fingerprint density at radius 2 is 2.25 bits per heavy atom. The van der Waals surface area contributed by atoms with E-state index in [0.29, 0.717) is 18.3 Å². The van der Waals surface area contributed by atoms with E-state index in [2.05, 4.69) is 16.8 Å². The highest BCUT2D eigenvalue weighted by Gasteiger charge is 2.20. The number of carbonyl (C=O) groups excluding carboxylic acids is 1. The van der Waals surface area contributed by atoms with Crippen molar-refractivity contribution < 1.29 is 9.18 Å². The molecule has 0 atom stereocenters. The van der Waals surface area contributed by atoms with Gasteiger partial charge in [-0.3, -0.25) is 19.1 Å². The molecule has 0 unspecified atom stereocenters. The number of anilines is 1. The maximum Gasteiger partial charge on any atom is 0.250 e. The zero-order valence-corrected chi connectivity index (χ0v) is 13.6. The second kappa shape index (κ2) is 7.42. The molecule has 0 aliphatic heterocycles. The Morgan fingerprint density at radius 1 is 1.46 bits per heavy atom. The zero-order chi connectivity index (χ0) is 16.9. The molecule has 1 amide bonds. The van der Waals surface area contributed by atoms with Crippen LogP contribution < -0.4 is 4.90 Å². The highest BCUT2D eigenvalue weighted by atomic mass is 19.1. The number of nitrogens with zero attached hydrogens (tertiary/aromatic N) is 5. The summed E-state index contributed by atoms with van der Waals surface area (Å²) >= 11 is 0. The number of aryl methyl sites for hydroxylation is 1. The fourth-order valence-electron chi connectivity index (χ4n) is 3.10. The molecule has 2 aromatic rings. The fraction of sp³-hybridized carbons (Fsp3) is 0.471. The normalized spacial score (nSPS) is 14.9. The molecule has 128 valence electrons. The zero-order valence-electron chi connectivity index (χ0n) is 13.6. The molecule has 0 saturated heterocycles. The van der Waals surface area contributed by atoms with Crippen molar-refractivity contribution in [2.45, 2.75) is 44.8 Å². The number of hydrogen-bond donors (Lipinski definition) is 0. The van der Waals surface area contributed by atoms with Gasteiger partial charge in [0.1, 0.15) is 6.67 Å². The van der Waals surface area contributed by atoms with Gasteiger partial charge in [-0.15, -0.1) is 0 Å².